The number of methoxy groups -OCH3 is 2. The Labute approximate surface area is 198 Å². The largest absolute Gasteiger partial charge is 0.493 e. The number of rotatable bonds is 6. The van der Waals surface area contributed by atoms with Gasteiger partial charge >= 0.3 is 0 Å². The standard InChI is InChI=1S/C24H30N4O2S2/c1-29-20-9-8-17(14-21(20)30-2)23-25-27(24(31)28(23)19-6-4-3-5-7-19)16-26-12-10-22-18(15-26)11-13-32-22/h8-9,11,13-14,19H,3-7,10,12,15-16H2,1-2H3. The highest BCUT2D eigenvalue weighted by molar-refractivity contribution is 7.71. The maximum atomic E-state index is 6.02. The van der Waals surface area contributed by atoms with E-state index in [0.29, 0.717) is 18.5 Å². The summed E-state index contributed by atoms with van der Waals surface area (Å²) in [5.74, 6) is 2.36. The molecule has 32 heavy (non-hydrogen) atoms. The molecular weight excluding hydrogens is 440 g/mol. The summed E-state index contributed by atoms with van der Waals surface area (Å²) >= 11 is 7.89. The van der Waals surface area contributed by atoms with Crippen LogP contribution < -0.4 is 9.47 Å². The Kier molecular flexibility index (Phi) is 6.35. The van der Waals surface area contributed by atoms with E-state index in [4.69, 9.17) is 26.8 Å². The molecule has 1 aliphatic heterocycles. The van der Waals surface area contributed by atoms with Crippen LogP contribution >= 0.6 is 23.6 Å². The predicted octanol–water partition coefficient (Wildman–Crippen LogP) is 5.68. The van der Waals surface area contributed by atoms with Gasteiger partial charge in [0, 0.05) is 29.6 Å². The Hall–Kier alpha value is -2.16. The molecule has 3 heterocycles. The fourth-order valence-electron chi connectivity index (χ4n) is 4.97. The van der Waals surface area contributed by atoms with E-state index >= 15 is 0 Å². The first-order valence-electron chi connectivity index (χ1n) is 11.4. The minimum atomic E-state index is 0.401. The second-order valence-corrected chi connectivity index (χ2v) is 10.0. The molecule has 1 aliphatic carbocycles. The van der Waals surface area contributed by atoms with Crippen LogP contribution in [0.1, 0.15) is 48.6 Å². The van der Waals surface area contributed by atoms with Crippen LogP contribution in [-0.2, 0) is 19.6 Å². The Balaban J connectivity index is 1.52. The molecule has 1 fully saturated rings. The van der Waals surface area contributed by atoms with Crippen LogP contribution in [0.5, 0.6) is 11.5 Å². The summed E-state index contributed by atoms with van der Waals surface area (Å²) in [4.78, 5) is 3.96. The van der Waals surface area contributed by atoms with Gasteiger partial charge in [-0.1, -0.05) is 19.3 Å². The van der Waals surface area contributed by atoms with Gasteiger partial charge in [-0.2, -0.15) is 5.10 Å². The van der Waals surface area contributed by atoms with Gasteiger partial charge in [0.15, 0.2) is 22.1 Å². The molecule has 2 aliphatic rings. The van der Waals surface area contributed by atoms with Crippen molar-refractivity contribution in [3.8, 4) is 22.9 Å². The summed E-state index contributed by atoms with van der Waals surface area (Å²) in [6, 6.07) is 8.67. The number of thiophene rings is 1. The zero-order chi connectivity index (χ0) is 22.1. The van der Waals surface area contributed by atoms with Gasteiger partial charge in [-0.3, -0.25) is 9.47 Å². The Morgan fingerprint density at radius 1 is 1.09 bits per heavy atom. The Morgan fingerprint density at radius 3 is 2.69 bits per heavy atom. The lowest BCUT2D eigenvalue weighted by atomic mass is 9.95. The van der Waals surface area contributed by atoms with Gasteiger partial charge in [0.1, 0.15) is 0 Å². The molecule has 0 saturated heterocycles. The number of fused-ring (bicyclic) bond motifs is 1. The molecule has 0 bridgehead atoms. The number of hydrogen-bond donors (Lipinski definition) is 0. The molecule has 3 aromatic rings. The van der Waals surface area contributed by atoms with E-state index in [-0.39, 0.29) is 0 Å². The van der Waals surface area contributed by atoms with E-state index in [9.17, 15) is 0 Å². The Morgan fingerprint density at radius 2 is 1.91 bits per heavy atom. The van der Waals surface area contributed by atoms with Gasteiger partial charge in [0.2, 0.25) is 0 Å². The molecule has 170 valence electrons. The topological polar surface area (TPSA) is 44.5 Å². The van der Waals surface area contributed by atoms with E-state index in [2.05, 4.69) is 27.0 Å². The fourth-order valence-corrected chi connectivity index (χ4v) is 6.19. The monoisotopic (exact) mass is 470 g/mol. The second-order valence-electron chi connectivity index (χ2n) is 8.65. The van der Waals surface area contributed by atoms with Gasteiger partial charge < -0.3 is 9.47 Å². The summed E-state index contributed by atoms with van der Waals surface area (Å²) in [6.45, 7) is 2.72. The van der Waals surface area contributed by atoms with Crippen molar-refractivity contribution in [1.82, 2.24) is 19.2 Å². The van der Waals surface area contributed by atoms with Crippen molar-refractivity contribution in [2.45, 2.75) is 57.8 Å². The van der Waals surface area contributed by atoms with E-state index < -0.39 is 0 Å². The minimum Gasteiger partial charge on any atom is -0.493 e. The average Bonchev–Trinajstić information content (AvgIpc) is 3.43. The SMILES string of the molecule is COc1ccc(-c2nn(CN3CCc4sccc4C3)c(=S)n2C2CCCCC2)cc1OC. The highest BCUT2D eigenvalue weighted by Crippen LogP contribution is 2.36. The highest BCUT2D eigenvalue weighted by atomic mass is 32.1. The number of aromatic nitrogens is 3. The third-order valence-corrected chi connectivity index (χ3v) is 8.10. The van der Waals surface area contributed by atoms with Gasteiger partial charge in [0.05, 0.1) is 20.9 Å². The molecular formula is C24H30N4O2S2. The highest BCUT2D eigenvalue weighted by Gasteiger charge is 2.25. The summed E-state index contributed by atoms with van der Waals surface area (Å²) in [5.41, 5.74) is 2.46. The van der Waals surface area contributed by atoms with Crippen molar-refractivity contribution < 1.29 is 9.47 Å². The molecule has 6 nitrogen and oxygen atoms in total. The normalized spacial score (nSPS) is 17.3. The van der Waals surface area contributed by atoms with Crippen molar-refractivity contribution in [2.75, 3.05) is 20.8 Å². The van der Waals surface area contributed by atoms with Crippen LogP contribution in [0.25, 0.3) is 11.4 Å². The third kappa shape index (κ3) is 4.11. The lowest BCUT2D eigenvalue weighted by molar-refractivity contribution is 0.188. The molecule has 1 aromatic carbocycles. The van der Waals surface area contributed by atoms with Crippen molar-refractivity contribution in [3.63, 3.8) is 0 Å². The number of hydrogen-bond acceptors (Lipinski definition) is 6. The van der Waals surface area contributed by atoms with Gasteiger partial charge in [-0.25, -0.2) is 4.68 Å². The number of benzene rings is 1. The van der Waals surface area contributed by atoms with Crippen molar-refractivity contribution in [3.05, 3.63) is 44.9 Å². The van der Waals surface area contributed by atoms with Crippen LogP contribution in [0.3, 0.4) is 0 Å². The molecule has 0 unspecified atom stereocenters. The molecule has 5 rings (SSSR count). The van der Waals surface area contributed by atoms with Crippen LogP contribution in [0, 0.1) is 4.77 Å². The lowest BCUT2D eigenvalue weighted by Crippen LogP contribution is -2.32. The third-order valence-electron chi connectivity index (χ3n) is 6.67. The average molecular weight is 471 g/mol. The molecule has 0 atom stereocenters. The van der Waals surface area contributed by atoms with Gasteiger partial charge in [-0.15, -0.1) is 11.3 Å². The fraction of sp³-hybridized carbons (Fsp3) is 0.500. The lowest BCUT2D eigenvalue weighted by Gasteiger charge is -2.26. The smallest absolute Gasteiger partial charge is 0.199 e. The Bertz CT molecular complexity index is 1140. The van der Waals surface area contributed by atoms with Crippen molar-refractivity contribution in [1.29, 1.82) is 0 Å². The predicted molar refractivity (Wildman–Crippen MR) is 130 cm³/mol. The molecule has 1 saturated carbocycles. The number of nitrogens with zero attached hydrogens (tertiary/aromatic N) is 4. The first-order chi connectivity index (χ1) is 15.7. The summed E-state index contributed by atoms with van der Waals surface area (Å²) in [7, 11) is 3.33. The van der Waals surface area contributed by atoms with E-state index in [1.54, 1.807) is 14.2 Å². The van der Waals surface area contributed by atoms with Gasteiger partial charge in [-0.05, 0) is 66.7 Å². The molecule has 8 heteroatoms. The summed E-state index contributed by atoms with van der Waals surface area (Å²) in [6.07, 6.45) is 7.21. The maximum Gasteiger partial charge on any atom is 0.199 e. The zero-order valence-corrected chi connectivity index (χ0v) is 20.4. The quantitative estimate of drug-likeness (QED) is 0.434. The zero-order valence-electron chi connectivity index (χ0n) is 18.7. The van der Waals surface area contributed by atoms with Crippen molar-refractivity contribution in [2.24, 2.45) is 0 Å². The second kappa shape index (κ2) is 9.37. The van der Waals surface area contributed by atoms with E-state index in [0.717, 1.165) is 54.3 Å². The molecule has 0 radical (unpaired) electrons. The molecule has 2 aromatic heterocycles. The van der Waals surface area contributed by atoms with Gasteiger partial charge in [0.25, 0.3) is 0 Å². The number of ether oxygens (including phenoxy) is 2. The molecule has 0 amide bonds. The minimum absolute atomic E-state index is 0.401. The first kappa shape index (κ1) is 21.7. The van der Waals surface area contributed by atoms with E-state index in [1.165, 1.54) is 29.7 Å². The maximum absolute atomic E-state index is 6.02. The van der Waals surface area contributed by atoms with Crippen LogP contribution in [-0.4, -0.2) is 40.0 Å². The first-order valence-corrected chi connectivity index (χ1v) is 12.7. The van der Waals surface area contributed by atoms with E-state index in [1.807, 2.05) is 28.2 Å². The van der Waals surface area contributed by atoms with Crippen LogP contribution in [0.15, 0.2) is 29.6 Å². The van der Waals surface area contributed by atoms with Crippen LogP contribution in [0.2, 0.25) is 0 Å². The van der Waals surface area contributed by atoms with Crippen LogP contribution in [0.4, 0.5) is 0 Å². The molecule has 0 spiro atoms. The van der Waals surface area contributed by atoms with Crippen molar-refractivity contribution >= 4 is 23.6 Å². The summed E-state index contributed by atoms with van der Waals surface area (Å²) < 4.78 is 16.1. The summed E-state index contributed by atoms with van der Waals surface area (Å²) in [5, 5.41) is 7.27. The molecule has 0 N–H and O–H groups in total.